The van der Waals surface area contributed by atoms with Gasteiger partial charge in [0, 0.05) is 18.2 Å². The molecule has 10 heteroatoms. The highest BCUT2D eigenvalue weighted by Crippen LogP contribution is 2.37. The Labute approximate surface area is 192 Å². The van der Waals surface area contributed by atoms with Crippen molar-refractivity contribution in [2.45, 2.75) is 6.92 Å². The van der Waals surface area contributed by atoms with Crippen molar-refractivity contribution in [3.05, 3.63) is 99.2 Å². The van der Waals surface area contributed by atoms with Gasteiger partial charge in [-0.1, -0.05) is 6.07 Å². The molecule has 1 heterocycles. The highest BCUT2D eigenvalue weighted by atomic mass is 19.1. The number of carbonyl (C=O) groups is 2. The lowest BCUT2D eigenvalue weighted by molar-refractivity contribution is -0.384. The molecule has 0 bridgehead atoms. The van der Waals surface area contributed by atoms with Gasteiger partial charge in [-0.2, -0.15) is 0 Å². The zero-order valence-corrected chi connectivity index (χ0v) is 18.0. The van der Waals surface area contributed by atoms with Crippen LogP contribution >= 0.6 is 0 Å². The molecule has 0 spiro atoms. The first-order chi connectivity index (χ1) is 16.2. The number of methoxy groups -OCH3 is 1. The van der Waals surface area contributed by atoms with Gasteiger partial charge < -0.3 is 10.1 Å². The Morgan fingerprint density at radius 1 is 0.971 bits per heavy atom. The maximum absolute atomic E-state index is 14.5. The smallest absolute Gasteiger partial charge is 0.282 e. The van der Waals surface area contributed by atoms with Crippen LogP contribution in [-0.2, 0) is 9.59 Å². The van der Waals surface area contributed by atoms with Gasteiger partial charge in [-0.3, -0.25) is 19.7 Å². The lowest BCUT2D eigenvalue weighted by Gasteiger charge is -2.17. The van der Waals surface area contributed by atoms with E-state index in [4.69, 9.17) is 4.74 Å². The Hall–Kier alpha value is -4.60. The fraction of sp³-hybridized carbons (Fsp3) is 0.0833. The maximum Gasteiger partial charge on any atom is 0.282 e. The number of ether oxygens (including phenoxy) is 1. The van der Waals surface area contributed by atoms with Crippen LogP contribution in [0.4, 0.5) is 25.8 Å². The molecular weight excluding hydrogens is 448 g/mol. The number of non-ortho nitro benzene ring substituents is 1. The molecule has 0 radical (unpaired) electrons. The molecule has 0 unspecified atom stereocenters. The lowest BCUT2D eigenvalue weighted by atomic mass is 10.0. The zero-order chi connectivity index (χ0) is 24.6. The predicted octanol–water partition coefficient (Wildman–Crippen LogP) is 4.59. The molecule has 0 fully saturated rings. The van der Waals surface area contributed by atoms with E-state index in [2.05, 4.69) is 5.32 Å². The average Bonchev–Trinajstić information content (AvgIpc) is 3.05. The van der Waals surface area contributed by atoms with Gasteiger partial charge in [0.15, 0.2) is 0 Å². The van der Waals surface area contributed by atoms with Gasteiger partial charge in [-0.25, -0.2) is 13.7 Å². The number of hydrogen-bond acceptors (Lipinski definition) is 6. The number of imide groups is 1. The van der Waals surface area contributed by atoms with Crippen molar-refractivity contribution in [1.82, 2.24) is 0 Å². The van der Waals surface area contributed by atoms with Gasteiger partial charge in [0.05, 0.1) is 29.0 Å². The van der Waals surface area contributed by atoms with Crippen molar-refractivity contribution < 1.29 is 28.0 Å². The molecule has 0 saturated carbocycles. The van der Waals surface area contributed by atoms with Crippen LogP contribution in [0.25, 0.3) is 5.57 Å². The summed E-state index contributed by atoms with van der Waals surface area (Å²) in [4.78, 5) is 37.7. The number of halogens is 2. The molecule has 3 aromatic carbocycles. The molecule has 2 amide bonds. The minimum Gasteiger partial charge on any atom is -0.495 e. The van der Waals surface area contributed by atoms with Crippen LogP contribution in [0.1, 0.15) is 11.1 Å². The summed E-state index contributed by atoms with van der Waals surface area (Å²) in [6.07, 6.45) is 0. The Bertz CT molecular complexity index is 1370. The minimum absolute atomic E-state index is 0.160. The third kappa shape index (κ3) is 3.96. The summed E-state index contributed by atoms with van der Waals surface area (Å²) in [7, 11) is 1.43. The van der Waals surface area contributed by atoms with Crippen LogP contribution < -0.4 is 15.0 Å². The summed E-state index contributed by atoms with van der Waals surface area (Å²) in [5.74, 6) is -3.28. The number of rotatable bonds is 6. The normalized spacial score (nSPS) is 13.5. The number of nitro benzene ring substituents is 1. The molecule has 1 aliphatic heterocycles. The van der Waals surface area contributed by atoms with E-state index >= 15 is 0 Å². The second-order valence-corrected chi connectivity index (χ2v) is 7.42. The Morgan fingerprint density at radius 2 is 1.68 bits per heavy atom. The van der Waals surface area contributed by atoms with Crippen LogP contribution in [0.3, 0.4) is 0 Å². The van der Waals surface area contributed by atoms with E-state index in [0.717, 1.165) is 23.8 Å². The van der Waals surface area contributed by atoms with E-state index in [1.165, 1.54) is 31.4 Å². The topological polar surface area (TPSA) is 102 Å². The van der Waals surface area contributed by atoms with Crippen LogP contribution in [0, 0.1) is 28.7 Å². The summed E-state index contributed by atoms with van der Waals surface area (Å²) in [5.41, 5.74) is 0.215. The molecule has 3 aromatic rings. The van der Waals surface area contributed by atoms with Gasteiger partial charge in [-0.15, -0.1) is 0 Å². The number of benzene rings is 3. The molecule has 4 rings (SSSR count). The number of nitrogens with zero attached hydrogens (tertiary/aromatic N) is 2. The zero-order valence-electron chi connectivity index (χ0n) is 18.0. The molecule has 34 heavy (non-hydrogen) atoms. The number of amides is 2. The van der Waals surface area contributed by atoms with Crippen LogP contribution in [-0.4, -0.2) is 23.8 Å². The van der Waals surface area contributed by atoms with Gasteiger partial charge in [0.2, 0.25) is 0 Å². The number of aryl methyl sites for hydroxylation is 1. The number of nitro groups is 1. The Morgan fingerprint density at radius 3 is 2.32 bits per heavy atom. The van der Waals surface area contributed by atoms with E-state index < -0.39 is 34.1 Å². The summed E-state index contributed by atoms with van der Waals surface area (Å²) >= 11 is 0. The molecule has 0 aliphatic carbocycles. The summed E-state index contributed by atoms with van der Waals surface area (Å²) < 4.78 is 33.7. The molecule has 8 nitrogen and oxygen atoms in total. The van der Waals surface area contributed by atoms with Gasteiger partial charge >= 0.3 is 0 Å². The van der Waals surface area contributed by atoms with Crippen LogP contribution in [0.2, 0.25) is 0 Å². The fourth-order valence-electron chi connectivity index (χ4n) is 3.59. The first kappa shape index (κ1) is 22.6. The first-order valence-corrected chi connectivity index (χ1v) is 9.96. The predicted molar refractivity (Wildman–Crippen MR) is 120 cm³/mol. The van der Waals surface area contributed by atoms with E-state index in [1.807, 2.05) is 6.92 Å². The Balaban J connectivity index is 1.88. The molecule has 0 aromatic heterocycles. The van der Waals surface area contributed by atoms with Crippen molar-refractivity contribution >= 4 is 34.4 Å². The van der Waals surface area contributed by atoms with Crippen molar-refractivity contribution in [2.75, 3.05) is 17.3 Å². The van der Waals surface area contributed by atoms with E-state index in [-0.39, 0.29) is 22.5 Å². The molecule has 0 atom stereocenters. The third-order valence-electron chi connectivity index (χ3n) is 5.21. The summed E-state index contributed by atoms with van der Waals surface area (Å²) in [6, 6.07) is 12.5. The number of nitrogens with one attached hydrogen (secondary N) is 1. The molecular formula is C24H17F2N3O5. The summed E-state index contributed by atoms with van der Waals surface area (Å²) in [6.45, 7) is 1.81. The summed E-state index contributed by atoms with van der Waals surface area (Å²) in [5, 5.41) is 13.9. The molecule has 1 aliphatic rings. The first-order valence-electron chi connectivity index (χ1n) is 9.96. The quantitative estimate of drug-likeness (QED) is 0.325. The standard InChI is InChI=1S/C24H17F2N3O5/c1-13-3-10-20(34-2)18(11-13)27-22-21(14-4-7-16(8-5-14)29(32)33)23(30)28(24(22)31)19-12-15(25)6-9-17(19)26/h3-12,27H,1-2H3. The number of anilines is 2. The van der Waals surface area contributed by atoms with Gasteiger partial charge in [-0.05, 0) is 54.4 Å². The molecule has 172 valence electrons. The van der Waals surface area contributed by atoms with E-state index in [9.17, 15) is 28.5 Å². The maximum atomic E-state index is 14.5. The van der Waals surface area contributed by atoms with Crippen LogP contribution in [0.15, 0.2) is 66.4 Å². The van der Waals surface area contributed by atoms with Gasteiger partial charge in [0.25, 0.3) is 17.5 Å². The second kappa shape index (κ2) is 8.74. The van der Waals surface area contributed by atoms with E-state index in [1.54, 1.807) is 18.2 Å². The fourth-order valence-corrected chi connectivity index (χ4v) is 3.59. The SMILES string of the molecule is COc1ccc(C)cc1NC1=C(c2ccc([N+](=O)[O-])cc2)C(=O)N(c2cc(F)ccc2F)C1=O. The number of carbonyl (C=O) groups excluding carboxylic acids is 2. The highest BCUT2D eigenvalue weighted by molar-refractivity contribution is 6.46. The van der Waals surface area contributed by atoms with E-state index in [0.29, 0.717) is 16.3 Å². The molecule has 1 N–H and O–H groups in total. The van der Waals surface area contributed by atoms with Crippen LogP contribution in [0.5, 0.6) is 5.75 Å². The largest absolute Gasteiger partial charge is 0.495 e. The monoisotopic (exact) mass is 465 g/mol. The second-order valence-electron chi connectivity index (χ2n) is 7.42. The van der Waals surface area contributed by atoms with Crippen molar-refractivity contribution in [3.8, 4) is 5.75 Å². The third-order valence-corrected chi connectivity index (χ3v) is 5.21. The lowest BCUT2D eigenvalue weighted by Crippen LogP contribution is -2.33. The minimum atomic E-state index is -0.972. The average molecular weight is 465 g/mol. The van der Waals surface area contributed by atoms with Gasteiger partial charge in [0.1, 0.15) is 23.1 Å². The Kier molecular flexibility index (Phi) is 5.80. The van der Waals surface area contributed by atoms with Crippen molar-refractivity contribution in [3.63, 3.8) is 0 Å². The highest BCUT2D eigenvalue weighted by Gasteiger charge is 2.42. The van der Waals surface area contributed by atoms with Crippen molar-refractivity contribution in [1.29, 1.82) is 0 Å². The molecule has 0 saturated heterocycles. The number of hydrogen-bond donors (Lipinski definition) is 1. The van der Waals surface area contributed by atoms with Crippen molar-refractivity contribution in [2.24, 2.45) is 0 Å².